The topological polar surface area (TPSA) is 90.9 Å². The third-order valence-corrected chi connectivity index (χ3v) is 3.04. The Labute approximate surface area is 113 Å². The second-order valence-electron chi connectivity index (χ2n) is 4.31. The van der Waals surface area contributed by atoms with Crippen molar-refractivity contribution in [2.24, 2.45) is 0 Å². The first kappa shape index (κ1) is 12.1. The lowest BCUT2D eigenvalue weighted by atomic mass is 10.0. The summed E-state index contributed by atoms with van der Waals surface area (Å²) in [5, 5.41) is 29.3. The normalized spacial score (nSPS) is 10.8. The smallest absolute Gasteiger partial charge is 0.336 e. The van der Waals surface area contributed by atoms with Crippen LogP contribution in [0.4, 0.5) is 0 Å². The van der Waals surface area contributed by atoms with E-state index in [1.54, 1.807) is 24.3 Å². The number of hydrogen-bond acceptors (Lipinski definition) is 5. The molecule has 1 heterocycles. The molecule has 0 saturated heterocycles. The van der Waals surface area contributed by atoms with E-state index in [0.717, 1.165) is 6.07 Å². The summed E-state index contributed by atoms with van der Waals surface area (Å²) < 4.78 is 4.95. The molecule has 0 atom stereocenters. The summed E-state index contributed by atoms with van der Waals surface area (Å²) >= 11 is 0. The van der Waals surface area contributed by atoms with E-state index in [1.165, 1.54) is 6.07 Å². The Bertz CT molecular complexity index is 850. The summed E-state index contributed by atoms with van der Waals surface area (Å²) in [6.07, 6.45) is 0. The van der Waals surface area contributed by atoms with Gasteiger partial charge in [-0.1, -0.05) is 30.3 Å². The van der Waals surface area contributed by atoms with Crippen molar-refractivity contribution in [2.45, 2.75) is 0 Å². The molecule has 0 spiro atoms. The number of phenolic OH excluding ortho intramolecular Hbond substituents is 3. The summed E-state index contributed by atoms with van der Waals surface area (Å²) in [6.45, 7) is 0. The molecule has 1 aromatic heterocycles. The van der Waals surface area contributed by atoms with Crippen LogP contribution in [0.25, 0.3) is 22.1 Å². The van der Waals surface area contributed by atoms with E-state index in [0.29, 0.717) is 11.1 Å². The van der Waals surface area contributed by atoms with Crippen molar-refractivity contribution in [3.8, 4) is 28.4 Å². The maximum absolute atomic E-state index is 11.6. The van der Waals surface area contributed by atoms with Gasteiger partial charge in [0.25, 0.3) is 0 Å². The van der Waals surface area contributed by atoms with E-state index in [9.17, 15) is 20.1 Å². The predicted octanol–water partition coefficient (Wildman–Crippen LogP) is 2.58. The van der Waals surface area contributed by atoms with E-state index >= 15 is 0 Å². The highest BCUT2D eigenvalue weighted by Gasteiger charge is 2.17. The lowest BCUT2D eigenvalue weighted by Gasteiger charge is -2.09. The molecule has 0 aliphatic carbocycles. The number of hydrogen-bond donors (Lipinski definition) is 3. The van der Waals surface area contributed by atoms with Gasteiger partial charge in [0.15, 0.2) is 11.5 Å². The van der Waals surface area contributed by atoms with Gasteiger partial charge in [-0.25, -0.2) is 4.79 Å². The SMILES string of the molecule is O=c1cc(-c2ccccc2)c2c(O)c(O)c(O)cc2o1. The standard InChI is InChI=1S/C15H10O5/c16-10-7-11-13(15(19)14(10)18)9(6-12(17)20-11)8-4-2-1-3-5-8/h1-7,16,18-19H. The predicted molar refractivity (Wildman–Crippen MR) is 72.9 cm³/mol. The van der Waals surface area contributed by atoms with E-state index in [1.807, 2.05) is 6.07 Å². The van der Waals surface area contributed by atoms with Crippen molar-refractivity contribution >= 4 is 11.0 Å². The van der Waals surface area contributed by atoms with Crippen LogP contribution in [0.2, 0.25) is 0 Å². The van der Waals surface area contributed by atoms with E-state index in [2.05, 4.69) is 0 Å². The molecule has 5 heteroatoms. The zero-order valence-electron chi connectivity index (χ0n) is 10.2. The Kier molecular flexibility index (Phi) is 2.61. The van der Waals surface area contributed by atoms with Crippen LogP contribution in [0.15, 0.2) is 51.7 Å². The molecule has 0 saturated carbocycles. The molecule has 0 amide bonds. The summed E-state index contributed by atoms with van der Waals surface area (Å²) in [6, 6.07) is 11.2. The van der Waals surface area contributed by atoms with Gasteiger partial charge in [0.05, 0.1) is 5.39 Å². The van der Waals surface area contributed by atoms with E-state index < -0.39 is 22.9 Å². The second kappa shape index (κ2) is 4.31. The van der Waals surface area contributed by atoms with Crippen LogP contribution >= 0.6 is 0 Å². The highest BCUT2D eigenvalue weighted by molar-refractivity contribution is 6.00. The van der Waals surface area contributed by atoms with Crippen LogP contribution in [-0.4, -0.2) is 15.3 Å². The Morgan fingerprint density at radius 1 is 0.900 bits per heavy atom. The molecule has 3 aromatic rings. The van der Waals surface area contributed by atoms with Crippen molar-refractivity contribution in [3.05, 3.63) is 52.9 Å². The first-order valence-electron chi connectivity index (χ1n) is 5.85. The van der Waals surface area contributed by atoms with Crippen LogP contribution < -0.4 is 5.63 Å². The molecule has 0 radical (unpaired) electrons. The fourth-order valence-corrected chi connectivity index (χ4v) is 2.14. The fraction of sp³-hybridized carbons (Fsp3) is 0. The molecule has 0 aliphatic heterocycles. The van der Waals surface area contributed by atoms with E-state index in [-0.39, 0.29) is 11.0 Å². The van der Waals surface area contributed by atoms with Crippen molar-refractivity contribution in [1.29, 1.82) is 0 Å². The highest BCUT2D eigenvalue weighted by atomic mass is 16.4. The average Bonchev–Trinajstić information content (AvgIpc) is 2.45. The molecule has 100 valence electrons. The number of fused-ring (bicyclic) bond motifs is 1. The molecular weight excluding hydrogens is 260 g/mol. The maximum Gasteiger partial charge on any atom is 0.336 e. The minimum Gasteiger partial charge on any atom is -0.504 e. The van der Waals surface area contributed by atoms with Crippen molar-refractivity contribution < 1.29 is 19.7 Å². The lowest BCUT2D eigenvalue weighted by molar-refractivity contribution is 0.370. The summed E-state index contributed by atoms with van der Waals surface area (Å²) in [4.78, 5) is 11.6. The van der Waals surface area contributed by atoms with Gasteiger partial charge < -0.3 is 19.7 Å². The minimum atomic E-state index is -0.650. The largest absolute Gasteiger partial charge is 0.504 e. The van der Waals surface area contributed by atoms with Gasteiger partial charge >= 0.3 is 5.63 Å². The van der Waals surface area contributed by atoms with E-state index in [4.69, 9.17) is 4.42 Å². The Balaban J connectivity index is 2.49. The van der Waals surface area contributed by atoms with Crippen molar-refractivity contribution in [2.75, 3.05) is 0 Å². The summed E-state index contributed by atoms with van der Waals surface area (Å²) in [5.41, 5.74) is 0.500. The van der Waals surface area contributed by atoms with Crippen LogP contribution in [0.1, 0.15) is 0 Å². The van der Waals surface area contributed by atoms with Gasteiger partial charge in [-0.05, 0) is 5.56 Å². The van der Waals surface area contributed by atoms with Gasteiger partial charge in [0, 0.05) is 17.7 Å². The van der Waals surface area contributed by atoms with Crippen LogP contribution in [0.5, 0.6) is 17.2 Å². The molecule has 3 N–H and O–H groups in total. The second-order valence-corrected chi connectivity index (χ2v) is 4.31. The molecule has 2 aromatic carbocycles. The zero-order chi connectivity index (χ0) is 14.3. The lowest BCUT2D eigenvalue weighted by Crippen LogP contribution is -1.98. The molecular formula is C15H10O5. The molecule has 5 nitrogen and oxygen atoms in total. The Morgan fingerprint density at radius 3 is 2.30 bits per heavy atom. The Hall–Kier alpha value is -2.95. The summed E-state index contributed by atoms with van der Waals surface area (Å²) in [5.74, 6) is -1.73. The van der Waals surface area contributed by atoms with Gasteiger partial charge in [0.2, 0.25) is 5.75 Å². The maximum atomic E-state index is 11.6. The third kappa shape index (κ3) is 1.76. The Morgan fingerprint density at radius 2 is 1.60 bits per heavy atom. The van der Waals surface area contributed by atoms with Crippen molar-refractivity contribution in [3.63, 3.8) is 0 Å². The fourth-order valence-electron chi connectivity index (χ4n) is 2.14. The number of phenols is 3. The molecule has 0 unspecified atom stereocenters. The van der Waals surface area contributed by atoms with Gasteiger partial charge in [-0.15, -0.1) is 0 Å². The molecule has 0 fully saturated rings. The first-order valence-corrected chi connectivity index (χ1v) is 5.85. The number of rotatable bonds is 1. The van der Waals surface area contributed by atoms with Gasteiger partial charge in [0.1, 0.15) is 5.58 Å². The third-order valence-electron chi connectivity index (χ3n) is 3.04. The van der Waals surface area contributed by atoms with Crippen molar-refractivity contribution in [1.82, 2.24) is 0 Å². The monoisotopic (exact) mass is 270 g/mol. The minimum absolute atomic E-state index is 0.00385. The van der Waals surface area contributed by atoms with Crippen LogP contribution in [0, 0.1) is 0 Å². The van der Waals surface area contributed by atoms with Gasteiger partial charge in [-0.2, -0.15) is 0 Å². The number of benzene rings is 2. The number of aromatic hydroxyl groups is 3. The quantitative estimate of drug-likeness (QED) is 0.467. The molecule has 20 heavy (non-hydrogen) atoms. The highest BCUT2D eigenvalue weighted by Crippen LogP contribution is 2.44. The van der Waals surface area contributed by atoms with Crippen LogP contribution in [0.3, 0.4) is 0 Å². The van der Waals surface area contributed by atoms with Gasteiger partial charge in [-0.3, -0.25) is 0 Å². The first-order chi connectivity index (χ1) is 9.58. The molecule has 0 bridgehead atoms. The van der Waals surface area contributed by atoms with Crippen LogP contribution in [-0.2, 0) is 0 Å². The molecule has 0 aliphatic rings. The average molecular weight is 270 g/mol. The zero-order valence-corrected chi connectivity index (χ0v) is 10.2. The summed E-state index contributed by atoms with van der Waals surface area (Å²) in [7, 11) is 0. The molecule has 3 rings (SSSR count).